The van der Waals surface area contributed by atoms with E-state index in [2.05, 4.69) is 35.3 Å². The van der Waals surface area contributed by atoms with Crippen LogP contribution < -0.4 is 14.2 Å². The van der Waals surface area contributed by atoms with Gasteiger partial charge in [0.25, 0.3) is 11.8 Å². The molecule has 0 aromatic heterocycles. The molecule has 2 fully saturated rings. The van der Waals surface area contributed by atoms with Gasteiger partial charge in [0.2, 0.25) is 0 Å². The summed E-state index contributed by atoms with van der Waals surface area (Å²) >= 11 is 0. The summed E-state index contributed by atoms with van der Waals surface area (Å²) in [4.78, 5) is 39.2. The van der Waals surface area contributed by atoms with Gasteiger partial charge in [0, 0.05) is 37.7 Å². The van der Waals surface area contributed by atoms with Gasteiger partial charge in [0.1, 0.15) is 19.0 Å². The molecule has 3 aromatic carbocycles. The van der Waals surface area contributed by atoms with E-state index in [1.807, 2.05) is 42.5 Å². The third kappa shape index (κ3) is 5.50. The zero-order valence-corrected chi connectivity index (χ0v) is 25.4. The Hall–Kier alpha value is -5.18. The number of rotatable bonds is 7. The smallest absolute Gasteiger partial charge is 0.257 e. The first-order valence-corrected chi connectivity index (χ1v) is 15.0. The second-order valence-corrected chi connectivity index (χ2v) is 12.1. The third-order valence-electron chi connectivity index (χ3n) is 8.59. The van der Waals surface area contributed by atoms with E-state index in [0.29, 0.717) is 59.4 Å². The van der Waals surface area contributed by atoms with Crippen molar-refractivity contribution in [1.82, 2.24) is 9.80 Å². The van der Waals surface area contributed by atoms with Crippen molar-refractivity contribution in [2.24, 2.45) is 9.98 Å². The van der Waals surface area contributed by atoms with Crippen LogP contribution in [0.2, 0.25) is 0 Å². The zero-order chi connectivity index (χ0) is 31.2. The highest BCUT2D eigenvalue weighted by atomic mass is 16.5. The lowest BCUT2D eigenvalue weighted by molar-refractivity contribution is 0.0770. The van der Waals surface area contributed by atoms with Crippen LogP contribution in [-0.2, 0) is 13.2 Å². The molecule has 2 saturated heterocycles. The van der Waals surface area contributed by atoms with Gasteiger partial charge < -0.3 is 24.0 Å². The summed E-state index contributed by atoms with van der Waals surface area (Å²) in [6.07, 6.45) is 5.12. The van der Waals surface area contributed by atoms with Gasteiger partial charge in [-0.3, -0.25) is 19.6 Å². The zero-order valence-electron chi connectivity index (χ0n) is 25.4. The Labute approximate surface area is 262 Å². The predicted molar refractivity (Wildman–Crippen MR) is 173 cm³/mol. The van der Waals surface area contributed by atoms with Gasteiger partial charge in [-0.25, -0.2) is 0 Å². The molecular weight excluding hydrogens is 568 g/mol. The van der Waals surface area contributed by atoms with E-state index in [1.165, 1.54) is 0 Å². The molecule has 0 aliphatic carbocycles. The van der Waals surface area contributed by atoms with Crippen molar-refractivity contribution < 1.29 is 23.8 Å². The third-order valence-corrected chi connectivity index (χ3v) is 8.59. The van der Waals surface area contributed by atoms with Crippen molar-refractivity contribution in [3.63, 3.8) is 0 Å². The van der Waals surface area contributed by atoms with Gasteiger partial charge in [0.15, 0.2) is 11.5 Å². The summed E-state index contributed by atoms with van der Waals surface area (Å²) in [5, 5.41) is 0. The molecule has 0 N–H and O–H groups in total. The second kappa shape index (κ2) is 11.4. The summed E-state index contributed by atoms with van der Waals surface area (Å²) in [7, 11) is 1.56. The fourth-order valence-corrected chi connectivity index (χ4v) is 6.44. The van der Waals surface area contributed by atoms with Crippen molar-refractivity contribution in [3.8, 4) is 17.2 Å². The van der Waals surface area contributed by atoms with Crippen LogP contribution in [0.5, 0.6) is 17.2 Å². The maximum atomic E-state index is 13.3. The Bertz CT molecular complexity index is 1830. The molecule has 0 saturated carbocycles. The van der Waals surface area contributed by atoms with Gasteiger partial charge in [0.05, 0.1) is 41.7 Å². The first-order chi connectivity index (χ1) is 21.7. The number of aryl methyl sites for hydroxylation is 1. The van der Waals surface area contributed by atoms with Crippen molar-refractivity contribution in [3.05, 3.63) is 101 Å². The summed E-state index contributed by atoms with van der Waals surface area (Å²) < 4.78 is 18.0. The monoisotopic (exact) mass is 602 g/mol. The molecule has 1 unspecified atom stereocenters. The van der Waals surface area contributed by atoms with Crippen LogP contribution in [-0.4, -0.2) is 66.3 Å². The first-order valence-electron chi connectivity index (χ1n) is 15.0. The van der Waals surface area contributed by atoms with E-state index >= 15 is 0 Å². The topological polar surface area (TPSA) is 93.0 Å². The molecule has 7 rings (SSSR count). The molecule has 2 atom stereocenters. The quantitative estimate of drug-likeness (QED) is 0.303. The van der Waals surface area contributed by atoms with E-state index in [9.17, 15) is 9.59 Å². The average Bonchev–Trinajstić information content (AvgIpc) is 3.53. The van der Waals surface area contributed by atoms with E-state index in [-0.39, 0.29) is 30.5 Å². The molecule has 4 aliphatic heterocycles. The van der Waals surface area contributed by atoms with Crippen LogP contribution in [0.25, 0.3) is 0 Å². The highest BCUT2D eigenvalue weighted by Gasteiger charge is 2.35. The highest BCUT2D eigenvalue weighted by Crippen LogP contribution is 2.39. The van der Waals surface area contributed by atoms with E-state index in [1.54, 1.807) is 30.2 Å². The molecule has 4 heterocycles. The number of carbonyl (C=O) groups is 2. The molecular formula is C36H34N4O5. The van der Waals surface area contributed by atoms with Gasteiger partial charge in [-0.1, -0.05) is 42.0 Å². The lowest BCUT2D eigenvalue weighted by atomic mass is 10.1. The molecule has 4 aliphatic rings. The number of carbonyl (C=O) groups excluding carboxylic acids is 2. The van der Waals surface area contributed by atoms with E-state index in [4.69, 9.17) is 14.2 Å². The Kier molecular flexibility index (Phi) is 7.23. The molecule has 45 heavy (non-hydrogen) atoms. The molecule has 0 bridgehead atoms. The molecule has 2 amide bonds. The number of hydrogen-bond acceptors (Lipinski definition) is 7. The minimum absolute atomic E-state index is 0.0304. The predicted octanol–water partition coefficient (Wildman–Crippen LogP) is 6.13. The van der Waals surface area contributed by atoms with Crippen LogP contribution in [0.1, 0.15) is 50.2 Å². The highest BCUT2D eigenvalue weighted by molar-refractivity contribution is 6.04. The van der Waals surface area contributed by atoms with Gasteiger partial charge in [-0.05, 0) is 55.2 Å². The normalized spacial score (nSPS) is 20.0. The standard InChI is InChI=1S/C36H34N4O5/c1-21-7-24(19-44-28-5-6-29-31(12-28)37-15-26-9-22(2)17-39(26)35(29)41)11-25(8-21)20-45-34-14-32-30(13-33(34)43-4)36(42)40-18-23(3)10-27(40)16-38-32/h5-8,11-16,26-27H,2-3,9-10,17-20H2,1,4H3/t26?,27-/m0/s1. The number of nitrogens with zero attached hydrogens (tertiary/aromatic N) is 4. The summed E-state index contributed by atoms with van der Waals surface area (Å²) in [6.45, 7) is 11.8. The summed E-state index contributed by atoms with van der Waals surface area (Å²) in [6, 6.07) is 14.9. The van der Waals surface area contributed by atoms with Gasteiger partial charge in [-0.15, -0.1) is 0 Å². The van der Waals surface area contributed by atoms with Crippen molar-refractivity contribution in [2.75, 3.05) is 20.2 Å². The molecule has 0 radical (unpaired) electrons. The number of ether oxygens (including phenoxy) is 3. The Balaban J connectivity index is 1.05. The SMILES string of the molecule is C=C1CC2C=Nc3cc(OCc4cc(C)cc(COc5cc6c(cc5OC)C(=O)N5CC(=C)C[C@H]5C=N6)c4)ccc3C(=O)N2C1. The number of benzene rings is 3. The van der Waals surface area contributed by atoms with Crippen LogP contribution in [0.15, 0.2) is 82.8 Å². The Morgan fingerprint density at radius 2 is 1.36 bits per heavy atom. The maximum absolute atomic E-state index is 13.3. The van der Waals surface area contributed by atoms with Crippen molar-refractivity contribution in [1.29, 1.82) is 0 Å². The van der Waals surface area contributed by atoms with Gasteiger partial charge >= 0.3 is 0 Å². The summed E-state index contributed by atoms with van der Waals surface area (Å²) in [5.74, 6) is 1.51. The fourth-order valence-electron chi connectivity index (χ4n) is 6.44. The van der Waals surface area contributed by atoms with Crippen molar-refractivity contribution in [2.45, 2.75) is 45.1 Å². The molecule has 9 heteroatoms. The van der Waals surface area contributed by atoms with Crippen LogP contribution in [0, 0.1) is 6.92 Å². The van der Waals surface area contributed by atoms with E-state index in [0.717, 1.165) is 40.7 Å². The average molecular weight is 603 g/mol. The number of aliphatic imine (C=N–C) groups is 2. The van der Waals surface area contributed by atoms with Crippen LogP contribution >= 0.6 is 0 Å². The molecule has 3 aromatic rings. The summed E-state index contributed by atoms with van der Waals surface area (Å²) in [5.41, 5.74) is 7.31. The fraction of sp³-hybridized carbons (Fsp3) is 0.278. The second-order valence-electron chi connectivity index (χ2n) is 12.1. The Morgan fingerprint density at radius 1 is 0.756 bits per heavy atom. The first kappa shape index (κ1) is 28.6. The molecule has 228 valence electrons. The number of hydrogen-bond donors (Lipinski definition) is 0. The molecule has 9 nitrogen and oxygen atoms in total. The molecule has 0 spiro atoms. The minimum atomic E-state index is -0.0844. The number of methoxy groups -OCH3 is 1. The number of amides is 2. The largest absolute Gasteiger partial charge is 0.493 e. The number of fused-ring (bicyclic) bond motifs is 4. The Morgan fingerprint density at radius 3 is 2.00 bits per heavy atom. The van der Waals surface area contributed by atoms with Crippen LogP contribution in [0.3, 0.4) is 0 Å². The maximum Gasteiger partial charge on any atom is 0.257 e. The lowest BCUT2D eigenvalue weighted by Gasteiger charge is -2.20. The van der Waals surface area contributed by atoms with Crippen molar-refractivity contribution >= 4 is 35.6 Å². The lowest BCUT2D eigenvalue weighted by Crippen LogP contribution is -2.35. The van der Waals surface area contributed by atoms with Gasteiger partial charge in [-0.2, -0.15) is 0 Å². The van der Waals surface area contributed by atoms with Crippen LogP contribution in [0.4, 0.5) is 11.4 Å². The minimum Gasteiger partial charge on any atom is -0.493 e. The van der Waals surface area contributed by atoms with E-state index < -0.39 is 0 Å².